The van der Waals surface area contributed by atoms with Gasteiger partial charge in [0.2, 0.25) is 0 Å². The van der Waals surface area contributed by atoms with Crippen molar-refractivity contribution < 1.29 is 9.15 Å². The second kappa shape index (κ2) is 6.39. The van der Waals surface area contributed by atoms with Crippen LogP contribution in [-0.4, -0.2) is 24.7 Å². The Balaban J connectivity index is 1.57. The molecule has 0 saturated heterocycles. The molecule has 1 aliphatic rings. The van der Waals surface area contributed by atoms with Crippen molar-refractivity contribution in [3.63, 3.8) is 0 Å². The molecule has 2 N–H and O–H groups in total. The van der Waals surface area contributed by atoms with Crippen LogP contribution in [-0.2, 0) is 0 Å². The van der Waals surface area contributed by atoms with Gasteiger partial charge in [-0.1, -0.05) is 31.0 Å². The Morgan fingerprint density at radius 1 is 1.11 bits per heavy atom. The second-order valence-electron chi connectivity index (χ2n) is 6.59. The van der Waals surface area contributed by atoms with Gasteiger partial charge in [-0.15, -0.1) is 0 Å². The van der Waals surface area contributed by atoms with Gasteiger partial charge in [-0.25, -0.2) is 14.6 Å². The number of rotatable bonds is 4. The van der Waals surface area contributed by atoms with Crippen molar-refractivity contribution in [1.82, 2.24) is 24.7 Å². The Morgan fingerprint density at radius 2 is 1.93 bits per heavy atom. The predicted octanol–water partition coefficient (Wildman–Crippen LogP) is 3.97. The number of nitrogens with zero attached hydrogens (tertiary/aromatic N) is 5. The van der Waals surface area contributed by atoms with Gasteiger partial charge in [0.05, 0.1) is 11.4 Å². The van der Waals surface area contributed by atoms with E-state index < -0.39 is 0 Å². The first-order valence-corrected chi connectivity index (χ1v) is 8.97. The Bertz CT molecular complexity index is 1080. The number of oxazole rings is 1. The molecular formula is C19H18N6O2. The molecule has 8 nitrogen and oxygen atoms in total. The van der Waals surface area contributed by atoms with Crippen LogP contribution in [0, 0.1) is 0 Å². The summed E-state index contributed by atoms with van der Waals surface area (Å²) in [5.41, 5.74) is 7.39. The highest BCUT2D eigenvalue weighted by Crippen LogP contribution is 2.36. The summed E-state index contributed by atoms with van der Waals surface area (Å²) in [7, 11) is 0. The molecule has 136 valence electrons. The molecule has 3 heterocycles. The average Bonchev–Trinajstić information content (AvgIpc) is 3.42. The van der Waals surface area contributed by atoms with Gasteiger partial charge in [-0.2, -0.15) is 10.1 Å². The van der Waals surface area contributed by atoms with Crippen LogP contribution in [0.5, 0.6) is 11.6 Å². The molecule has 3 aromatic heterocycles. The quantitative estimate of drug-likeness (QED) is 0.585. The van der Waals surface area contributed by atoms with Crippen molar-refractivity contribution in [2.75, 3.05) is 5.73 Å². The number of para-hydroxylation sites is 1. The largest absolute Gasteiger partial charge is 0.439 e. The van der Waals surface area contributed by atoms with Gasteiger partial charge in [-0.05, 0) is 25.0 Å². The third-order valence-corrected chi connectivity index (χ3v) is 4.84. The average molecular weight is 362 g/mol. The topological polar surface area (TPSA) is 105 Å². The minimum Gasteiger partial charge on any atom is -0.439 e. The highest BCUT2D eigenvalue weighted by atomic mass is 16.5. The third-order valence-electron chi connectivity index (χ3n) is 4.84. The molecule has 1 aromatic carbocycles. The van der Waals surface area contributed by atoms with Gasteiger partial charge in [0.25, 0.3) is 11.8 Å². The molecule has 0 aliphatic heterocycles. The molecule has 0 amide bonds. The lowest BCUT2D eigenvalue weighted by molar-refractivity contribution is 0.457. The van der Waals surface area contributed by atoms with E-state index in [9.17, 15) is 0 Å². The highest BCUT2D eigenvalue weighted by Gasteiger charge is 2.26. The summed E-state index contributed by atoms with van der Waals surface area (Å²) in [5.74, 6) is 1.74. The number of anilines is 1. The number of benzene rings is 1. The van der Waals surface area contributed by atoms with Crippen LogP contribution in [0.4, 0.5) is 5.82 Å². The molecule has 0 bridgehead atoms. The van der Waals surface area contributed by atoms with E-state index in [4.69, 9.17) is 20.0 Å². The number of nitrogens with two attached hydrogens (primary N) is 1. The molecule has 1 aliphatic carbocycles. The SMILES string of the molecule is Nc1ncnc2c1c(-c1nc(Oc3ccccc3)co1)nn2C1CCCC1. The van der Waals surface area contributed by atoms with Gasteiger partial charge < -0.3 is 14.9 Å². The highest BCUT2D eigenvalue weighted by molar-refractivity contribution is 5.96. The molecule has 8 heteroatoms. The van der Waals surface area contributed by atoms with Gasteiger partial charge in [0.1, 0.15) is 17.9 Å². The maximum atomic E-state index is 6.13. The van der Waals surface area contributed by atoms with E-state index in [-0.39, 0.29) is 0 Å². The Labute approximate surface area is 155 Å². The molecule has 1 fully saturated rings. The number of aromatic nitrogens is 5. The fourth-order valence-electron chi connectivity index (χ4n) is 3.57. The second-order valence-corrected chi connectivity index (χ2v) is 6.59. The van der Waals surface area contributed by atoms with Crippen LogP contribution in [0.15, 0.2) is 47.3 Å². The lowest BCUT2D eigenvalue weighted by Gasteiger charge is -2.09. The van der Waals surface area contributed by atoms with Gasteiger partial charge in [0.15, 0.2) is 17.6 Å². The van der Waals surface area contributed by atoms with E-state index in [0.29, 0.717) is 46.1 Å². The van der Waals surface area contributed by atoms with E-state index in [0.717, 1.165) is 12.8 Å². The van der Waals surface area contributed by atoms with Gasteiger partial charge in [0, 0.05) is 0 Å². The van der Waals surface area contributed by atoms with Crippen LogP contribution >= 0.6 is 0 Å². The number of hydrogen-bond donors (Lipinski definition) is 1. The Morgan fingerprint density at radius 3 is 2.74 bits per heavy atom. The van der Waals surface area contributed by atoms with Crippen LogP contribution in [0.3, 0.4) is 0 Å². The molecule has 4 aromatic rings. The molecule has 1 saturated carbocycles. The molecule has 0 atom stereocenters. The van der Waals surface area contributed by atoms with E-state index in [1.165, 1.54) is 25.4 Å². The van der Waals surface area contributed by atoms with Gasteiger partial charge >= 0.3 is 0 Å². The fourth-order valence-corrected chi connectivity index (χ4v) is 3.57. The summed E-state index contributed by atoms with van der Waals surface area (Å²) in [6, 6.07) is 9.72. The van der Waals surface area contributed by atoms with E-state index >= 15 is 0 Å². The smallest absolute Gasteiger partial charge is 0.258 e. The van der Waals surface area contributed by atoms with Crippen molar-refractivity contribution in [3.8, 4) is 23.2 Å². The summed E-state index contributed by atoms with van der Waals surface area (Å²) in [6.07, 6.45) is 7.46. The van der Waals surface area contributed by atoms with Crippen molar-refractivity contribution in [1.29, 1.82) is 0 Å². The van der Waals surface area contributed by atoms with Crippen LogP contribution in [0.1, 0.15) is 31.7 Å². The number of fused-ring (bicyclic) bond motifs is 1. The maximum Gasteiger partial charge on any atom is 0.258 e. The Kier molecular flexibility index (Phi) is 3.74. The third kappa shape index (κ3) is 2.79. The summed E-state index contributed by atoms with van der Waals surface area (Å²) < 4.78 is 13.3. The van der Waals surface area contributed by atoms with E-state index in [1.807, 2.05) is 35.0 Å². The van der Waals surface area contributed by atoms with E-state index in [2.05, 4.69) is 15.0 Å². The Hall–Kier alpha value is -3.42. The van der Waals surface area contributed by atoms with E-state index in [1.54, 1.807) is 0 Å². The zero-order valence-electron chi connectivity index (χ0n) is 14.6. The molecule has 27 heavy (non-hydrogen) atoms. The zero-order valence-corrected chi connectivity index (χ0v) is 14.6. The predicted molar refractivity (Wildman–Crippen MR) is 99.3 cm³/mol. The summed E-state index contributed by atoms with van der Waals surface area (Å²) in [6.45, 7) is 0. The first-order valence-electron chi connectivity index (χ1n) is 8.97. The fraction of sp³-hybridized carbons (Fsp3) is 0.263. The normalized spacial score (nSPS) is 14.8. The van der Waals surface area contributed by atoms with Gasteiger partial charge in [-0.3, -0.25) is 0 Å². The number of nitrogen functional groups attached to an aromatic ring is 1. The first-order chi connectivity index (χ1) is 13.3. The van der Waals surface area contributed by atoms with Crippen molar-refractivity contribution >= 4 is 16.9 Å². The van der Waals surface area contributed by atoms with Crippen LogP contribution in [0.2, 0.25) is 0 Å². The van der Waals surface area contributed by atoms with Crippen molar-refractivity contribution in [3.05, 3.63) is 42.9 Å². The lowest BCUT2D eigenvalue weighted by Crippen LogP contribution is -2.07. The minimum absolute atomic E-state index is 0.311. The number of ether oxygens (including phenoxy) is 1. The summed E-state index contributed by atoms with van der Waals surface area (Å²) >= 11 is 0. The molecule has 0 spiro atoms. The molecule has 0 radical (unpaired) electrons. The van der Waals surface area contributed by atoms with Crippen molar-refractivity contribution in [2.45, 2.75) is 31.7 Å². The standard InChI is InChI=1S/C19H18N6O2/c20-17-15-16(19-23-14(10-26-19)27-13-8-2-1-3-9-13)24-25(12-6-4-5-7-12)18(15)22-11-21-17/h1-3,8-12H,4-7H2,(H2,20,21,22). The number of hydrogen-bond acceptors (Lipinski definition) is 7. The summed E-state index contributed by atoms with van der Waals surface area (Å²) in [5, 5.41) is 5.41. The minimum atomic E-state index is 0.311. The van der Waals surface area contributed by atoms with Crippen LogP contribution in [0.25, 0.3) is 22.6 Å². The van der Waals surface area contributed by atoms with Crippen molar-refractivity contribution in [2.24, 2.45) is 0 Å². The zero-order chi connectivity index (χ0) is 18.2. The van der Waals surface area contributed by atoms with Crippen LogP contribution < -0.4 is 10.5 Å². The first kappa shape index (κ1) is 15.8. The lowest BCUT2D eigenvalue weighted by atomic mass is 10.2. The molecule has 0 unspecified atom stereocenters. The molecule has 5 rings (SSSR count). The maximum absolute atomic E-state index is 6.13. The monoisotopic (exact) mass is 362 g/mol. The summed E-state index contributed by atoms with van der Waals surface area (Å²) in [4.78, 5) is 13.0. The molecular weight excluding hydrogens is 344 g/mol.